The zero-order chi connectivity index (χ0) is 9.40. The molecule has 0 unspecified atom stereocenters. The van der Waals surface area contributed by atoms with Crippen molar-refractivity contribution >= 4 is 18.4 Å². The third-order valence-corrected chi connectivity index (χ3v) is 1.33. The summed E-state index contributed by atoms with van der Waals surface area (Å²) in [4.78, 5) is 10.8. The number of hydrogen-bond donors (Lipinski definition) is 1. The SMILES string of the molecule is C=C(C)C(=O)OCCCNCC.Cl. The maximum atomic E-state index is 10.8. The first-order valence-electron chi connectivity index (χ1n) is 4.21. The van der Waals surface area contributed by atoms with Gasteiger partial charge >= 0.3 is 5.97 Å². The van der Waals surface area contributed by atoms with Crippen molar-refractivity contribution in [1.82, 2.24) is 5.32 Å². The second kappa shape index (κ2) is 9.55. The van der Waals surface area contributed by atoms with Crippen LogP contribution in [-0.2, 0) is 9.53 Å². The Kier molecular flexibility index (Phi) is 11.0. The van der Waals surface area contributed by atoms with Crippen molar-refractivity contribution in [2.45, 2.75) is 20.3 Å². The van der Waals surface area contributed by atoms with Crippen molar-refractivity contribution in [2.75, 3.05) is 19.7 Å². The van der Waals surface area contributed by atoms with Crippen LogP contribution in [0.2, 0.25) is 0 Å². The number of carbonyl (C=O) groups excluding carboxylic acids is 1. The lowest BCUT2D eigenvalue weighted by Gasteiger charge is -2.03. The van der Waals surface area contributed by atoms with Gasteiger partial charge in [0.15, 0.2) is 0 Å². The van der Waals surface area contributed by atoms with Crippen molar-refractivity contribution in [3.63, 3.8) is 0 Å². The number of hydrogen-bond acceptors (Lipinski definition) is 3. The van der Waals surface area contributed by atoms with E-state index in [1.54, 1.807) is 6.92 Å². The second-order valence-corrected chi connectivity index (χ2v) is 2.62. The molecule has 4 heteroatoms. The molecule has 3 nitrogen and oxygen atoms in total. The minimum atomic E-state index is -0.300. The fourth-order valence-electron chi connectivity index (χ4n) is 0.662. The molecule has 0 rings (SSSR count). The van der Waals surface area contributed by atoms with Gasteiger partial charge in [-0.3, -0.25) is 0 Å². The van der Waals surface area contributed by atoms with Gasteiger partial charge in [-0.05, 0) is 26.4 Å². The van der Waals surface area contributed by atoms with E-state index in [0.717, 1.165) is 19.5 Å². The number of halogens is 1. The first-order valence-corrected chi connectivity index (χ1v) is 4.21. The Balaban J connectivity index is 0. The summed E-state index contributed by atoms with van der Waals surface area (Å²) in [5, 5.41) is 3.14. The number of carbonyl (C=O) groups is 1. The molecule has 0 spiro atoms. The molecule has 0 aliphatic heterocycles. The van der Waals surface area contributed by atoms with Crippen molar-refractivity contribution in [1.29, 1.82) is 0 Å². The predicted molar refractivity (Wildman–Crippen MR) is 56.2 cm³/mol. The molecule has 0 heterocycles. The van der Waals surface area contributed by atoms with Crippen LogP contribution in [0.4, 0.5) is 0 Å². The molecule has 0 saturated carbocycles. The van der Waals surface area contributed by atoms with Crippen molar-refractivity contribution in [3.8, 4) is 0 Å². The van der Waals surface area contributed by atoms with E-state index in [9.17, 15) is 4.79 Å². The van der Waals surface area contributed by atoms with Crippen molar-refractivity contribution in [2.24, 2.45) is 0 Å². The second-order valence-electron chi connectivity index (χ2n) is 2.62. The van der Waals surface area contributed by atoms with Crippen LogP contribution >= 0.6 is 12.4 Å². The molecule has 0 aliphatic carbocycles. The van der Waals surface area contributed by atoms with E-state index in [-0.39, 0.29) is 18.4 Å². The Hall–Kier alpha value is -0.540. The number of rotatable bonds is 6. The van der Waals surface area contributed by atoms with Crippen LogP contribution in [0.15, 0.2) is 12.2 Å². The highest BCUT2D eigenvalue weighted by molar-refractivity contribution is 5.86. The topological polar surface area (TPSA) is 38.3 Å². The van der Waals surface area contributed by atoms with E-state index in [1.807, 2.05) is 6.92 Å². The van der Waals surface area contributed by atoms with Crippen LogP contribution in [0.1, 0.15) is 20.3 Å². The van der Waals surface area contributed by atoms with Gasteiger partial charge in [-0.2, -0.15) is 0 Å². The third-order valence-electron chi connectivity index (χ3n) is 1.33. The summed E-state index contributed by atoms with van der Waals surface area (Å²) in [5.74, 6) is -0.300. The minimum Gasteiger partial charge on any atom is -0.462 e. The van der Waals surface area contributed by atoms with E-state index >= 15 is 0 Å². The Bertz CT molecular complexity index is 160. The number of ether oxygens (including phenoxy) is 1. The molecule has 0 fully saturated rings. The zero-order valence-corrected chi connectivity index (χ0v) is 9.08. The normalized spacial score (nSPS) is 8.77. The predicted octanol–water partition coefficient (Wildman–Crippen LogP) is 1.53. The molecule has 0 saturated heterocycles. The molecule has 0 radical (unpaired) electrons. The maximum absolute atomic E-state index is 10.8. The van der Waals surface area contributed by atoms with Gasteiger partial charge in [-0.25, -0.2) is 4.79 Å². The Morgan fingerprint density at radius 1 is 1.54 bits per heavy atom. The van der Waals surface area contributed by atoms with E-state index in [4.69, 9.17) is 4.74 Å². The number of nitrogens with one attached hydrogen (secondary N) is 1. The van der Waals surface area contributed by atoms with Crippen LogP contribution in [0, 0.1) is 0 Å². The molecule has 0 atom stereocenters. The summed E-state index contributed by atoms with van der Waals surface area (Å²) in [5.41, 5.74) is 0.457. The Labute approximate surface area is 85.9 Å². The molecule has 0 aromatic carbocycles. The van der Waals surface area contributed by atoms with Gasteiger partial charge in [-0.15, -0.1) is 12.4 Å². The molecular weight excluding hydrogens is 190 g/mol. The standard InChI is InChI=1S/C9H17NO2.ClH/c1-4-10-6-5-7-12-9(11)8(2)3;/h10H,2,4-7H2,1,3H3;1H. The first-order chi connectivity index (χ1) is 5.68. The van der Waals surface area contributed by atoms with Crippen molar-refractivity contribution < 1.29 is 9.53 Å². The van der Waals surface area contributed by atoms with Crippen LogP contribution in [0.25, 0.3) is 0 Å². The minimum absolute atomic E-state index is 0. The number of esters is 1. The summed E-state index contributed by atoms with van der Waals surface area (Å²) in [6.45, 7) is 9.48. The van der Waals surface area contributed by atoms with Crippen LogP contribution < -0.4 is 5.32 Å². The molecule has 0 aromatic heterocycles. The molecule has 0 bridgehead atoms. The van der Waals surface area contributed by atoms with Crippen molar-refractivity contribution in [3.05, 3.63) is 12.2 Å². The van der Waals surface area contributed by atoms with E-state index in [2.05, 4.69) is 11.9 Å². The van der Waals surface area contributed by atoms with Gasteiger partial charge in [0.1, 0.15) is 0 Å². The fourth-order valence-corrected chi connectivity index (χ4v) is 0.662. The summed E-state index contributed by atoms with van der Waals surface area (Å²) >= 11 is 0. The van der Waals surface area contributed by atoms with Gasteiger partial charge in [0.05, 0.1) is 6.61 Å². The summed E-state index contributed by atoms with van der Waals surface area (Å²) in [7, 11) is 0. The molecule has 78 valence electrons. The van der Waals surface area contributed by atoms with Gasteiger partial charge in [-0.1, -0.05) is 13.5 Å². The molecule has 1 N–H and O–H groups in total. The van der Waals surface area contributed by atoms with Crippen LogP contribution in [0.5, 0.6) is 0 Å². The third kappa shape index (κ3) is 9.37. The monoisotopic (exact) mass is 207 g/mol. The summed E-state index contributed by atoms with van der Waals surface area (Å²) in [6, 6.07) is 0. The lowest BCUT2D eigenvalue weighted by atomic mass is 10.3. The highest BCUT2D eigenvalue weighted by Crippen LogP contribution is 1.92. The molecule has 0 aliphatic rings. The van der Waals surface area contributed by atoms with Crippen LogP contribution in [0.3, 0.4) is 0 Å². The molecule has 0 aromatic rings. The smallest absolute Gasteiger partial charge is 0.333 e. The van der Waals surface area contributed by atoms with Gasteiger partial charge in [0, 0.05) is 5.57 Å². The first kappa shape index (κ1) is 15.0. The van der Waals surface area contributed by atoms with E-state index in [1.165, 1.54) is 0 Å². The zero-order valence-electron chi connectivity index (χ0n) is 8.26. The lowest BCUT2D eigenvalue weighted by molar-refractivity contribution is -0.139. The average molecular weight is 208 g/mol. The molecule has 13 heavy (non-hydrogen) atoms. The highest BCUT2D eigenvalue weighted by Gasteiger charge is 2.00. The maximum Gasteiger partial charge on any atom is 0.333 e. The summed E-state index contributed by atoms with van der Waals surface area (Å²) in [6.07, 6.45) is 0.854. The molecule has 0 amide bonds. The summed E-state index contributed by atoms with van der Waals surface area (Å²) < 4.78 is 4.87. The largest absolute Gasteiger partial charge is 0.462 e. The van der Waals surface area contributed by atoms with E-state index in [0.29, 0.717) is 12.2 Å². The highest BCUT2D eigenvalue weighted by atomic mass is 35.5. The fraction of sp³-hybridized carbons (Fsp3) is 0.667. The van der Waals surface area contributed by atoms with Gasteiger partial charge < -0.3 is 10.1 Å². The van der Waals surface area contributed by atoms with Crippen LogP contribution in [-0.4, -0.2) is 25.7 Å². The lowest BCUT2D eigenvalue weighted by Crippen LogP contribution is -2.17. The Morgan fingerprint density at radius 2 is 2.15 bits per heavy atom. The van der Waals surface area contributed by atoms with Gasteiger partial charge in [0.25, 0.3) is 0 Å². The quantitative estimate of drug-likeness (QED) is 0.408. The van der Waals surface area contributed by atoms with E-state index < -0.39 is 0 Å². The molecular formula is C9H18ClNO2. The van der Waals surface area contributed by atoms with Gasteiger partial charge in [0.2, 0.25) is 0 Å². The Morgan fingerprint density at radius 3 is 2.62 bits per heavy atom. The average Bonchev–Trinajstić information content (AvgIpc) is 2.03.